The van der Waals surface area contributed by atoms with Crippen molar-refractivity contribution < 1.29 is 9.53 Å². The highest BCUT2D eigenvalue weighted by Crippen LogP contribution is 2.51. The van der Waals surface area contributed by atoms with E-state index in [1.807, 2.05) is 18.2 Å². The molecule has 1 heterocycles. The molecule has 3 atom stereocenters. The van der Waals surface area contributed by atoms with E-state index in [1.54, 1.807) is 7.11 Å². The highest BCUT2D eigenvalue weighted by molar-refractivity contribution is 5.83. The molecule has 3 nitrogen and oxygen atoms in total. The van der Waals surface area contributed by atoms with Gasteiger partial charge < -0.3 is 9.64 Å². The Morgan fingerprint density at radius 1 is 1.33 bits per heavy atom. The quantitative estimate of drug-likeness (QED) is 0.849. The van der Waals surface area contributed by atoms with Crippen molar-refractivity contribution in [3.8, 4) is 5.75 Å². The monoisotopic (exact) mass is 287 g/mol. The molecule has 21 heavy (non-hydrogen) atoms. The lowest BCUT2D eigenvalue weighted by Gasteiger charge is -2.28. The fraction of sp³-hybridized carbons (Fsp3) is 0.611. The fourth-order valence-electron chi connectivity index (χ4n) is 3.76. The minimum atomic E-state index is 0.167. The second-order valence-electron chi connectivity index (χ2n) is 6.68. The average molecular weight is 287 g/mol. The van der Waals surface area contributed by atoms with E-state index in [1.165, 1.54) is 5.56 Å². The molecule has 0 aromatic heterocycles. The van der Waals surface area contributed by atoms with E-state index in [0.29, 0.717) is 23.8 Å². The van der Waals surface area contributed by atoms with Crippen LogP contribution in [0.5, 0.6) is 5.75 Å². The molecular weight excluding hydrogens is 262 g/mol. The first-order valence-corrected chi connectivity index (χ1v) is 8.07. The Kier molecular flexibility index (Phi) is 3.92. The topological polar surface area (TPSA) is 29.5 Å². The van der Waals surface area contributed by atoms with Crippen molar-refractivity contribution in [1.29, 1.82) is 0 Å². The second kappa shape index (κ2) is 5.70. The minimum absolute atomic E-state index is 0.167. The first kappa shape index (κ1) is 14.4. The maximum absolute atomic E-state index is 12.8. The van der Waals surface area contributed by atoms with Crippen LogP contribution in [0.15, 0.2) is 24.3 Å². The Morgan fingerprint density at radius 3 is 2.81 bits per heavy atom. The van der Waals surface area contributed by atoms with Crippen molar-refractivity contribution in [2.24, 2.45) is 11.8 Å². The Labute approximate surface area is 127 Å². The van der Waals surface area contributed by atoms with Crippen molar-refractivity contribution in [3.05, 3.63) is 29.8 Å². The molecule has 0 spiro atoms. The van der Waals surface area contributed by atoms with Gasteiger partial charge in [0.1, 0.15) is 5.75 Å². The summed E-state index contributed by atoms with van der Waals surface area (Å²) in [4.78, 5) is 14.9. The number of rotatable bonds is 4. The number of carbonyl (C=O) groups excluding carboxylic acids is 1. The normalized spacial score (nSPS) is 28.0. The van der Waals surface area contributed by atoms with Crippen LogP contribution in [0.2, 0.25) is 0 Å². The number of methoxy groups -OCH3 is 1. The molecule has 3 rings (SSSR count). The molecule has 0 N–H and O–H groups in total. The van der Waals surface area contributed by atoms with Crippen LogP contribution in [-0.2, 0) is 4.79 Å². The van der Waals surface area contributed by atoms with E-state index in [4.69, 9.17) is 4.74 Å². The maximum Gasteiger partial charge on any atom is 0.226 e. The number of nitrogens with zero attached hydrogens (tertiary/aromatic N) is 1. The number of amides is 1. The summed E-state index contributed by atoms with van der Waals surface area (Å²) in [5, 5.41) is 0. The van der Waals surface area contributed by atoms with Gasteiger partial charge in [0, 0.05) is 18.5 Å². The van der Waals surface area contributed by atoms with Gasteiger partial charge in [0.2, 0.25) is 5.91 Å². The molecule has 1 aliphatic heterocycles. The molecule has 1 saturated carbocycles. The second-order valence-corrected chi connectivity index (χ2v) is 6.68. The molecule has 3 heteroatoms. The summed E-state index contributed by atoms with van der Waals surface area (Å²) < 4.78 is 5.43. The molecule has 114 valence electrons. The van der Waals surface area contributed by atoms with Crippen molar-refractivity contribution in [2.45, 2.75) is 45.1 Å². The number of ether oxygens (including phenoxy) is 1. The standard InChI is InChI=1S/C18H25NO2/c1-12(2)16-8-6-10-19(16)18(20)15-11-14(15)13-7-4-5-9-17(13)21-3/h4-5,7,9,12,14-16H,6,8,10-11H2,1-3H3/t14-,15+,16+/m0/s1. The minimum Gasteiger partial charge on any atom is -0.496 e. The number of benzene rings is 1. The zero-order valence-electron chi connectivity index (χ0n) is 13.2. The highest BCUT2D eigenvalue weighted by atomic mass is 16.5. The van der Waals surface area contributed by atoms with Crippen molar-refractivity contribution in [2.75, 3.05) is 13.7 Å². The summed E-state index contributed by atoms with van der Waals surface area (Å²) in [6.45, 7) is 5.39. The molecule has 0 bridgehead atoms. The fourth-order valence-corrected chi connectivity index (χ4v) is 3.76. The van der Waals surface area contributed by atoms with E-state index < -0.39 is 0 Å². The van der Waals surface area contributed by atoms with E-state index in [9.17, 15) is 4.79 Å². The van der Waals surface area contributed by atoms with Crippen LogP contribution in [0.3, 0.4) is 0 Å². The van der Waals surface area contributed by atoms with Gasteiger partial charge in [-0.2, -0.15) is 0 Å². The SMILES string of the molecule is COc1ccccc1[C@@H]1C[C@H]1C(=O)N1CCC[C@@H]1C(C)C. The Bertz CT molecular complexity index is 526. The molecule has 1 saturated heterocycles. The number of likely N-dealkylation sites (tertiary alicyclic amines) is 1. The summed E-state index contributed by atoms with van der Waals surface area (Å²) in [6.07, 6.45) is 3.29. The molecule has 1 amide bonds. The Morgan fingerprint density at radius 2 is 2.10 bits per heavy atom. The molecule has 2 aliphatic rings. The van der Waals surface area contributed by atoms with Gasteiger partial charge in [0.05, 0.1) is 7.11 Å². The third kappa shape index (κ3) is 2.66. The lowest BCUT2D eigenvalue weighted by atomic mass is 10.0. The number of hydrogen-bond acceptors (Lipinski definition) is 2. The molecule has 0 radical (unpaired) electrons. The largest absolute Gasteiger partial charge is 0.496 e. The lowest BCUT2D eigenvalue weighted by molar-refractivity contribution is -0.134. The van der Waals surface area contributed by atoms with Crippen LogP contribution in [0.1, 0.15) is 44.6 Å². The van der Waals surface area contributed by atoms with Gasteiger partial charge in [-0.3, -0.25) is 4.79 Å². The predicted octanol–water partition coefficient (Wildman–Crippen LogP) is 3.45. The molecule has 0 unspecified atom stereocenters. The van der Waals surface area contributed by atoms with Gasteiger partial charge in [-0.15, -0.1) is 0 Å². The lowest BCUT2D eigenvalue weighted by Crippen LogP contribution is -2.39. The van der Waals surface area contributed by atoms with E-state index in [0.717, 1.165) is 31.6 Å². The first-order chi connectivity index (χ1) is 10.1. The molecule has 1 aromatic rings. The van der Waals surface area contributed by atoms with Crippen molar-refractivity contribution in [3.63, 3.8) is 0 Å². The Balaban J connectivity index is 1.71. The summed E-state index contributed by atoms with van der Waals surface area (Å²) in [7, 11) is 1.70. The van der Waals surface area contributed by atoms with Crippen LogP contribution in [0, 0.1) is 11.8 Å². The number of carbonyl (C=O) groups is 1. The number of hydrogen-bond donors (Lipinski definition) is 0. The van der Waals surface area contributed by atoms with E-state index in [2.05, 4.69) is 24.8 Å². The maximum atomic E-state index is 12.8. The van der Waals surface area contributed by atoms with Gasteiger partial charge in [0.25, 0.3) is 0 Å². The smallest absolute Gasteiger partial charge is 0.226 e. The molecule has 1 aromatic carbocycles. The van der Waals surface area contributed by atoms with Gasteiger partial charge in [0.15, 0.2) is 0 Å². The zero-order chi connectivity index (χ0) is 15.0. The molecule has 2 fully saturated rings. The summed E-state index contributed by atoms with van der Waals surface area (Å²) in [6, 6.07) is 8.54. The van der Waals surface area contributed by atoms with Crippen LogP contribution in [0.25, 0.3) is 0 Å². The van der Waals surface area contributed by atoms with Gasteiger partial charge >= 0.3 is 0 Å². The summed E-state index contributed by atoms with van der Waals surface area (Å²) in [5.74, 6) is 2.35. The predicted molar refractivity (Wildman–Crippen MR) is 83.4 cm³/mol. The molecule has 1 aliphatic carbocycles. The van der Waals surface area contributed by atoms with Gasteiger partial charge in [-0.05, 0) is 42.7 Å². The van der Waals surface area contributed by atoms with Crippen LogP contribution in [-0.4, -0.2) is 30.5 Å². The number of para-hydroxylation sites is 1. The Hall–Kier alpha value is -1.51. The third-order valence-electron chi connectivity index (χ3n) is 5.00. The average Bonchev–Trinajstić information content (AvgIpc) is 3.13. The van der Waals surface area contributed by atoms with E-state index >= 15 is 0 Å². The van der Waals surface area contributed by atoms with Gasteiger partial charge in [-0.25, -0.2) is 0 Å². The van der Waals surface area contributed by atoms with Crippen LogP contribution >= 0.6 is 0 Å². The summed E-state index contributed by atoms with van der Waals surface area (Å²) >= 11 is 0. The molecular formula is C18H25NO2. The summed E-state index contributed by atoms with van der Waals surface area (Å²) in [5.41, 5.74) is 1.19. The van der Waals surface area contributed by atoms with Gasteiger partial charge in [-0.1, -0.05) is 32.0 Å². The van der Waals surface area contributed by atoms with Crippen molar-refractivity contribution in [1.82, 2.24) is 4.90 Å². The zero-order valence-corrected chi connectivity index (χ0v) is 13.2. The van der Waals surface area contributed by atoms with Crippen molar-refractivity contribution >= 4 is 5.91 Å². The van der Waals surface area contributed by atoms with Crippen LogP contribution in [0.4, 0.5) is 0 Å². The third-order valence-corrected chi connectivity index (χ3v) is 5.00. The van der Waals surface area contributed by atoms with E-state index in [-0.39, 0.29) is 5.92 Å². The van der Waals surface area contributed by atoms with Crippen LogP contribution < -0.4 is 4.74 Å². The first-order valence-electron chi connectivity index (χ1n) is 8.07. The highest BCUT2D eigenvalue weighted by Gasteiger charge is 2.48.